The van der Waals surface area contributed by atoms with Gasteiger partial charge in [-0.2, -0.15) is 0 Å². The summed E-state index contributed by atoms with van der Waals surface area (Å²) in [6.07, 6.45) is 0. The molecule has 0 amide bonds. The van der Waals surface area contributed by atoms with Crippen LogP contribution in [0.2, 0.25) is 5.02 Å². The zero-order chi connectivity index (χ0) is 13.1. The minimum absolute atomic E-state index is 0.132. The van der Waals surface area contributed by atoms with Gasteiger partial charge in [0.25, 0.3) is 0 Å². The van der Waals surface area contributed by atoms with Crippen molar-refractivity contribution in [3.63, 3.8) is 0 Å². The topological polar surface area (TPSA) is 72.6 Å². The molecule has 17 heavy (non-hydrogen) atoms. The first-order chi connectivity index (χ1) is 7.89. The largest absolute Gasteiger partial charge is 0.491 e. The van der Waals surface area contributed by atoms with Gasteiger partial charge >= 0.3 is 0 Å². The summed E-state index contributed by atoms with van der Waals surface area (Å²) < 4.78 is 30.0. The summed E-state index contributed by atoms with van der Waals surface area (Å²) in [5.74, 6) is 0.426. The average molecular weight is 279 g/mol. The van der Waals surface area contributed by atoms with Crippen LogP contribution in [0.4, 0.5) is 0 Å². The van der Waals surface area contributed by atoms with Crippen LogP contribution in [0.15, 0.2) is 23.1 Å². The van der Waals surface area contributed by atoms with Crippen LogP contribution in [-0.4, -0.2) is 40.0 Å². The molecule has 0 aromatic heterocycles. The number of hydrogen-bond acceptors (Lipinski definition) is 4. The molecule has 0 saturated carbocycles. The van der Waals surface area contributed by atoms with E-state index in [-0.39, 0.29) is 9.92 Å². The molecule has 0 saturated heterocycles. The highest BCUT2D eigenvalue weighted by Gasteiger charge is 2.18. The van der Waals surface area contributed by atoms with Gasteiger partial charge in [-0.3, -0.25) is 0 Å². The van der Waals surface area contributed by atoms with E-state index in [2.05, 4.69) is 0 Å². The second-order valence-electron chi connectivity index (χ2n) is 3.52. The molecule has 0 bridgehead atoms. The van der Waals surface area contributed by atoms with Crippen molar-refractivity contribution < 1.29 is 13.2 Å². The molecule has 0 spiro atoms. The summed E-state index contributed by atoms with van der Waals surface area (Å²) in [5.41, 5.74) is 5.29. The van der Waals surface area contributed by atoms with Crippen LogP contribution in [0.3, 0.4) is 0 Å². The standard InChI is InChI=1S/C10H15ClN2O3S/c1-13(2)17(14,15)8-3-4-10(9(11)7-8)16-6-5-12/h3-4,7H,5-6,12H2,1-2H3. The molecular weight excluding hydrogens is 264 g/mol. The van der Waals surface area contributed by atoms with Gasteiger partial charge in [-0.05, 0) is 18.2 Å². The van der Waals surface area contributed by atoms with Crippen molar-refractivity contribution in [1.82, 2.24) is 4.31 Å². The Bertz CT molecular complexity index is 488. The first kappa shape index (κ1) is 14.2. The van der Waals surface area contributed by atoms with Gasteiger partial charge in [0.2, 0.25) is 10.0 Å². The lowest BCUT2D eigenvalue weighted by atomic mass is 10.3. The minimum atomic E-state index is -3.47. The molecule has 0 aliphatic carbocycles. The van der Waals surface area contributed by atoms with Gasteiger partial charge in [-0.25, -0.2) is 12.7 Å². The van der Waals surface area contributed by atoms with E-state index in [1.54, 1.807) is 0 Å². The number of nitrogens with two attached hydrogens (primary N) is 1. The molecule has 0 aliphatic heterocycles. The van der Waals surface area contributed by atoms with E-state index in [0.717, 1.165) is 4.31 Å². The quantitative estimate of drug-likeness (QED) is 0.870. The van der Waals surface area contributed by atoms with Crippen LogP contribution in [0.1, 0.15) is 0 Å². The fourth-order valence-electron chi connectivity index (χ4n) is 1.14. The maximum Gasteiger partial charge on any atom is 0.242 e. The summed E-state index contributed by atoms with van der Waals surface area (Å²) in [7, 11) is -0.547. The van der Waals surface area contributed by atoms with E-state index in [9.17, 15) is 8.42 Å². The number of sulfonamides is 1. The van der Waals surface area contributed by atoms with Crippen molar-refractivity contribution in [2.24, 2.45) is 5.73 Å². The number of halogens is 1. The van der Waals surface area contributed by atoms with Crippen molar-refractivity contribution >= 4 is 21.6 Å². The van der Waals surface area contributed by atoms with Crippen molar-refractivity contribution in [3.05, 3.63) is 23.2 Å². The molecule has 0 heterocycles. The van der Waals surface area contributed by atoms with E-state index in [1.807, 2.05) is 0 Å². The van der Waals surface area contributed by atoms with Crippen LogP contribution in [0.5, 0.6) is 5.75 Å². The second kappa shape index (κ2) is 5.68. The van der Waals surface area contributed by atoms with Gasteiger partial charge in [0.05, 0.1) is 9.92 Å². The number of ether oxygens (including phenoxy) is 1. The molecule has 0 unspecified atom stereocenters. The summed E-state index contributed by atoms with van der Waals surface area (Å²) >= 11 is 5.93. The average Bonchev–Trinajstić information content (AvgIpc) is 2.27. The van der Waals surface area contributed by atoms with Crippen LogP contribution < -0.4 is 10.5 Å². The highest BCUT2D eigenvalue weighted by Crippen LogP contribution is 2.28. The SMILES string of the molecule is CN(C)S(=O)(=O)c1ccc(OCCN)c(Cl)c1. The maximum atomic E-state index is 11.8. The Morgan fingerprint density at radius 2 is 2.06 bits per heavy atom. The van der Waals surface area contributed by atoms with Crippen LogP contribution >= 0.6 is 11.6 Å². The van der Waals surface area contributed by atoms with Crippen LogP contribution in [0, 0.1) is 0 Å². The lowest BCUT2D eigenvalue weighted by molar-refractivity contribution is 0.328. The molecular formula is C10H15ClN2O3S. The summed E-state index contributed by atoms with van der Waals surface area (Å²) in [4.78, 5) is 0.132. The molecule has 1 rings (SSSR count). The zero-order valence-electron chi connectivity index (χ0n) is 9.68. The fraction of sp³-hybridized carbons (Fsp3) is 0.400. The Kier molecular flexibility index (Phi) is 4.76. The maximum absolute atomic E-state index is 11.8. The third-order valence-electron chi connectivity index (χ3n) is 2.06. The van der Waals surface area contributed by atoms with Gasteiger partial charge in [0.15, 0.2) is 0 Å². The monoisotopic (exact) mass is 278 g/mol. The third-order valence-corrected chi connectivity index (χ3v) is 4.16. The van der Waals surface area contributed by atoms with Crippen LogP contribution in [0.25, 0.3) is 0 Å². The molecule has 0 atom stereocenters. The van der Waals surface area contributed by atoms with Gasteiger partial charge < -0.3 is 10.5 Å². The molecule has 7 heteroatoms. The molecule has 5 nitrogen and oxygen atoms in total. The molecule has 0 radical (unpaired) electrons. The first-order valence-electron chi connectivity index (χ1n) is 4.94. The fourth-order valence-corrected chi connectivity index (χ4v) is 2.37. The molecule has 0 aliphatic rings. The Morgan fingerprint density at radius 3 is 2.53 bits per heavy atom. The molecule has 0 fully saturated rings. The van der Waals surface area contributed by atoms with E-state index < -0.39 is 10.0 Å². The Labute approximate surface area is 106 Å². The molecule has 2 N–H and O–H groups in total. The van der Waals surface area contributed by atoms with Crippen LogP contribution in [-0.2, 0) is 10.0 Å². The van der Waals surface area contributed by atoms with E-state index in [4.69, 9.17) is 22.1 Å². The van der Waals surface area contributed by atoms with Gasteiger partial charge in [-0.15, -0.1) is 0 Å². The highest BCUT2D eigenvalue weighted by atomic mass is 35.5. The third kappa shape index (κ3) is 3.32. The summed E-state index contributed by atoms with van der Waals surface area (Å²) in [6.45, 7) is 0.702. The summed E-state index contributed by atoms with van der Waals surface area (Å²) in [6, 6.07) is 4.34. The Morgan fingerprint density at radius 1 is 1.41 bits per heavy atom. The van der Waals surface area contributed by atoms with Crippen molar-refractivity contribution in [1.29, 1.82) is 0 Å². The predicted octanol–water partition coefficient (Wildman–Crippen LogP) is 0.928. The van der Waals surface area contributed by atoms with E-state index in [0.29, 0.717) is 18.9 Å². The number of rotatable bonds is 5. The van der Waals surface area contributed by atoms with E-state index in [1.165, 1.54) is 32.3 Å². The number of hydrogen-bond donors (Lipinski definition) is 1. The van der Waals surface area contributed by atoms with Crippen molar-refractivity contribution in [2.75, 3.05) is 27.2 Å². The lowest BCUT2D eigenvalue weighted by Crippen LogP contribution is -2.22. The zero-order valence-corrected chi connectivity index (χ0v) is 11.3. The summed E-state index contributed by atoms with van der Waals surface area (Å²) in [5, 5.41) is 0.251. The van der Waals surface area contributed by atoms with E-state index >= 15 is 0 Å². The minimum Gasteiger partial charge on any atom is -0.491 e. The van der Waals surface area contributed by atoms with Gasteiger partial charge in [0.1, 0.15) is 12.4 Å². The first-order valence-corrected chi connectivity index (χ1v) is 6.76. The highest BCUT2D eigenvalue weighted by molar-refractivity contribution is 7.89. The Hall–Kier alpha value is -0.820. The van der Waals surface area contributed by atoms with Gasteiger partial charge in [0, 0.05) is 20.6 Å². The second-order valence-corrected chi connectivity index (χ2v) is 6.08. The smallest absolute Gasteiger partial charge is 0.242 e. The normalized spacial score (nSPS) is 11.8. The van der Waals surface area contributed by atoms with Crippen molar-refractivity contribution in [3.8, 4) is 5.75 Å². The Balaban J connectivity index is 3.05. The number of nitrogens with zero attached hydrogens (tertiary/aromatic N) is 1. The van der Waals surface area contributed by atoms with Crippen molar-refractivity contribution in [2.45, 2.75) is 4.90 Å². The lowest BCUT2D eigenvalue weighted by Gasteiger charge is -2.13. The molecule has 1 aromatic rings. The van der Waals surface area contributed by atoms with Gasteiger partial charge in [-0.1, -0.05) is 11.6 Å². The predicted molar refractivity (Wildman–Crippen MR) is 66.9 cm³/mol. The molecule has 1 aromatic carbocycles. The molecule has 96 valence electrons. The number of benzene rings is 1.